The summed E-state index contributed by atoms with van der Waals surface area (Å²) in [5, 5.41) is 11.9. The molecule has 1 aromatic carbocycles. The van der Waals surface area contributed by atoms with Crippen molar-refractivity contribution < 1.29 is 18.7 Å². The van der Waals surface area contributed by atoms with Gasteiger partial charge in [-0.25, -0.2) is 9.18 Å². The van der Waals surface area contributed by atoms with Crippen molar-refractivity contribution in [2.45, 2.75) is 45.8 Å². The van der Waals surface area contributed by atoms with Crippen LogP contribution in [0.2, 0.25) is 0 Å². The van der Waals surface area contributed by atoms with Crippen molar-refractivity contribution >= 4 is 29.0 Å². The molecule has 1 N–H and O–H groups in total. The number of benzene rings is 1. The average molecular weight is 464 g/mol. The zero-order valence-corrected chi connectivity index (χ0v) is 19.7. The number of carbonyl (C=O) groups is 2. The zero-order chi connectivity index (χ0) is 23.3. The highest BCUT2D eigenvalue weighted by atomic mass is 32.1. The number of carbonyl (C=O) groups excluding carboxylic acids is 2. The van der Waals surface area contributed by atoms with Gasteiger partial charge in [-0.05, 0) is 70.3 Å². The van der Waals surface area contributed by atoms with Crippen molar-refractivity contribution in [3.05, 3.63) is 40.1 Å². The van der Waals surface area contributed by atoms with Crippen LogP contribution in [0.1, 0.15) is 48.4 Å². The summed E-state index contributed by atoms with van der Waals surface area (Å²) in [6.07, 6.45) is 1.77. The molecule has 0 spiro atoms. The monoisotopic (exact) mass is 463 g/mol. The molecular weight excluding hydrogens is 433 g/mol. The number of rotatable bonds is 6. The van der Waals surface area contributed by atoms with Gasteiger partial charge in [-0.2, -0.15) is 0 Å². The highest BCUT2D eigenvalue weighted by Crippen LogP contribution is 2.22. The third-order valence-corrected chi connectivity index (χ3v) is 5.87. The number of ether oxygens (including phenoxy) is 1. The molecule has 32 heavy (non-hydrogen) atoms. The van der Waals surface area contributed by atoms with Crippen LogP contribution < -0.4 is 5.32 Å². The van der Waals surface area contributed by atoms with Gasteiger partial charge in [0, 0.05) is 25.8 Å². The summed E-state index contributed by atoms with van der Waals surface area (Å²) in [6.45, 7) is 8.58. The molecular formula is C22H30FN5O3S. The number of nitrogens with zero attached hydrogens (tertiary/aromatic N) is 4. The van der Waals surface area contributed by atoms with E-state index in [-0.39, 0.29) is 22.8 Å². The highest BCUT2D eigenvalue weighted by molar-refractivity contribution is 7.13. The predicted octanol–water partition coefficient (Wildman–Crippen LogP) is 4.01. The summed E-state index contributed by atoms with van der Waals surface area (Å²) in [5.41, 5.74) is -0.0104. The number of anilines is 1. The van der Waals surface area contributed by atoms with Crippen LogP contribution in [-0.2, 0) is 11.3 Å². The minimum atomic E-state index is -0.511. The lowest BCUT2D eigenvalue weighted by Crippen LogP contribution is -2.42. The van der Waals surface area contributed by atoms with Gasteiger partial charge in [0.05, 0.1) is 6.54 Å². The molecule has 1 atom stereocenters. The summed E-state index contributed by atoms with van der Waals surface area (Å²) in [7, 11) is 1.77. The maximum absolute atomic E-state index is 13.0. The molecule has 2 heterocycles. The molecule has 0 bridgehead atoms. The number of hydrogen-bond acceptors (Lipinski definition) is 7. The summed E-state index contributed by atoms with van der Waals surface area (Å²) < 4.78 is 18.4. The van der Waals surface area contributed by atoms with Gasteiger partial charge in [0.2, 0.25) is 5.01 Å². The van der Waals surface area contributed by atoms with Crippen LogP contribution >= 0.6 is 11.3 Å². The number of halogens is 1. The molecule has 1 aliphatic heterocycles. The Morgan fingerprint density at radius 3 is 2.69 bits per heavy atom. The Labute approximate surface area is 191 Å². The summed E-state index contributed by atoms with van der Waals surface area (Å²) in [6, 6.07) is 5.57. The topological polar surface area (TPSA) is 87.7 Å². The van der Waals surface area contributed by atoms with E-state index >= 15 is 0 Å². The second-order valence-electron chi connectivity index (χ2n) is 9.07. The lowest BCUT2D eigenvalue weighted by molar-refractivity contribution is 0.0241. The Bertz CT molecular complexity index is 928. The van der Waals surface area contributed by atoms with E-state index < -0.39 is 5.60 Å². The fraction of sp³-hybridized carbons (Fsp3) is 0.545. The molecule has 174 valence electrons. The minimum Gasteiger partial charge on any atom is -0.444 e. The summed E-state index contributed by atoms with van der Waals surface area (Å²) >= 11 is 1.25. The van der Waals surface area contributed by atoms with Crippen LogP contribution in [0.25, 0.3) is 0 Å². The second kappa shape index (κ2) is 10.4. The first-order valence-corrected chi connectivity index (χ1v) is 11.5. The Morgan fingerprint density at radius 1 is 1.28 bits per heavy atom. The van der Waals surface area contributed by atoms with E-state index in [4.69, 9.17) is 4.74 Å². The van der Waals surface area contributed by atoms with E-state index in [2.05, 4.69) is 20.4 Å². The van der Waals surface area contributed by atoms with Crippen molar-refractivity contribution in [1.82, 2.24) is 20.0 Å². The van der Waals surface area contributed by atoms with Gasteiger partial charge in [-0.15, -0.1) is 10.2 Å². The largest absolute Gasteiger partial charge is 0.444 e. The van der Waals surface area contributed by atoms with E-state index in [1.165, 1.54) is 35.6 Å². The molecule has 2 aromatic rings. The quantitative estimate of drug-likeness (QED) is 0.697. The zero-order valence-electron chi connectivity index (χ0n) is 18.9. The van der Waals surface area contributed by atoms with Gasteiger partial charge in [0.15, 0.2) is 0 Å². The van der Waals surface area contributed by atoms with Gasteiger partial charge in [-0.1, -0.05) is 11.3 Å². The minimum absolute atomic E-state index is 0.266. The van der Waals surface area contributed by atoms with E-state index in [9.17, 15) is 14.0 Å². The van der Waals surface area contributed by atoms with Gasteiger partial charge in [0.1, 0.15) is 16.4 Å². The van der Waals surface area contributed by atoms with Crippen molar-refractivity contribution in [3.63, 3.8) is 0 Å². The molecule has 1 unspecified atom stereocenters. The SMILES string of the molecule is CN(CC1CCCN(Cc2nnc(C(=O)Nc3ccc(F)cc3)s2)C1)C(=O)OC(C)(C)C. The number of aromatic nitrogens is 2. The molecule has 1 saturated heterocycles. The van der Waals surface area contributed by atoms with Crippen LogP contribution in [0, 0.1) is 11.7 Å². The molecule has 2 amide bonds. The average Bonchev–Trinajstić information content (AvgIpc) is 3.17. The van der Waals surface area contributed by atoms with Crippen molar-refractivity contribution in [2.24, 2.45) is 5.92 Å². The predicted molar refractivity (Wildman–Crippen MR) is 121 cm³/mol. The number of piperidine rings is 1. The van der Waals surface area contributed by atoms with E-state index in [0.29, 0.717) is 24.7 Å². The smallest absolute Gasteiger partial charge is 0.410 e. The third-order valence-electron chi connectivity index (χ3n) is 4.96. The van der Waals surface area contributed by atoms with Gasteiger partial charge in [0.25, 0.3) is 5.91 Å². The van der Waals surface area contributed by atoms with Crippen LogP contribution in [0.4, 0.5) is 14.9 Å². The van der Waals surface area contributed by atoms with Crippen molar-refractivity contribution in [1.29, 1.82) is 0 Å². The first-order chi connectivity index (χ1) is 15.1. The Hall–Kier alpha value is -2.59. The molecule has 0 aliphatic carbocycles. The summed E-state index contributed by atoms with van der Waals surface area (Å²) in [5.74, 6) is -0.385. The third kappa shape index (κ3) is 7.23. The van der Waals surface area contributed by atoms with Crippen molar-refractivity contribution in [2.75, 3.05) is 32.0 Å². The molecule has 8 nitrogen and oxygen atoms in total. The molecule has 10 heteroatoms. The van der Waals surface area contributed by atoms with E-state index in [0.717, 1.165) is 30.9 Å². The molecule has 1 fully saturated rings. The maximum atomic E-state index is 13.0. The number of likely N-dealkylation sites (tertiary alicyclic amines) is 1. The lowest BCUT2D eigenvalue weighted by atomic mass is 9.97. The van der Waals surface area contributed by atoms with Gasteiger partial charge < -0.3 is 15.0 Å². The maximum Gasteiger partial charge on any atom is 0.410 e. The van der Waals surface area contributed by atoms with Crippen LogP contribution in [0.3, 0.4) is 0 Å². The van der Waals surface area contributed by atoms with Crippen LogP contribution in [0.5, 0.6) is 0 Å². The van der Waals surface area contributed by atoms with Crippen molar-refractivity contribution in [3.8, 4) is 0 Å². The second-order valence-corrected chi connectivity index (χ2v) is 10.1. The molecule has 1 aliphatic rings. The van der Waals surface area contributed by atoms with E-state index in [1.807, 2.05) is 20.8 Å². The van der Waals surface area contributed by atoms with Crippen LogP contribution in [0.15, 0.2) is 24.3 Å². The molecule has 0 saturated carbocycles. The Morgan fingerprint density at radius 2 is 2.00 bits per heavy atom. The Kier molecular flexibility index (Phi) is 7.78. The first-order valence-electron chi connectivity index (χ1n) is 10.6. The lowest BCUT2D eigenvalue weighted by Gasteiger charge is -2.34. The molecule has 3 rings (SSSR count). The number of nitrogens with one attached hydrogen (secondary N) is 1. The Balaban J connectivity index is 1.50. The van der Waals surface area contributed by atoms with Gasteiger partial charge in [-0.3, -0.25) is 9.69 Å². The van der Waals surface area contributed by atoms with Gasteiger partial charge >= 0.3 is 6.09 Å². The molecule has 0 radical (unpaired) electrons. The fourth-order valence-corrected chi connectivity index (χ4v) is 4.34. The highest BCUT2D eigenvalue weighted by Gasteiger charge is 2.26. The molecule has 1 aromatic heterocycles. The number of amides is 2. The number of hydrogen-bond donors (Lipinski definition) is 1. The summed E-state index contributed by atoms with van der Waals surface area (Å²) in [4.78, 5) is 28.5. The van der Waals surface area contributed by atoms with Crippen LogP contribution in [-0.4, -0.2) is 64.3 Å². The normalized spacial score (nSPS) is 17.1. The standard InChI is InChI=1S/C22H30FN5O3S/c1-22(2,3)31-21(30)27(4)12-15-6-5-11-28(13-15)14-18-25-26-20(32-18)19(29)24-17-9-7-16(23)8-10-17/h7-10,15H,5-6,11-14H2,1-4H3,(H,24,29). The first kappa shape index (κ1) is 24.1. The fourth-order valence-electron chi connectivity index (χ4n) is 3.56. The van der Waals surface area contributed by atoms with E-state index in [1.54, 1.807) is 11.9 Å².